The number of hydrogen-bond donors (Lipinski definition) is 1. The van der Waals surface area contributed by atoms with Crippen LogP contribution in [0.2, 0.25) is 0 Å². The predicted molar refractivity (Wildman–Crippen MR) is 60.0 cm³/mol. The van der Waals surface area contributed by atoms with Crippen molar-refractivity contribution >= 4 is 11.3 Å². The van der Waals surface area contributed by atoms with Gasteiger partial charge in [0.05, 0.1) is 22.8 Å². The lowest BCUT2D eigenvalue weighted by atomic mass is 9.80. The van der Waals surface area contributed by atoms with Gasteiger partial charge in [0.2, 0.25) is 0 Å². The Bertz CT molecular complexity index is 378. The third kappa shape index (κ3) is 1.61. The number of nitrogens with zero attached hydrogens (tertiary/aromatic N) is 1. The lowest BCUT2D eigenvalue weighted by molar-refractivity contribution is 0.0856. The first-order valence-corrected chi connectivity index (χ1v) is 6.39. The Morgan fingerprint density at radius 3 is 3.07 bits per heavy atom. The topological polar surface area (TPSA) is 48.1 Å². The standard InChI is InChI=1S/C11H16N2OS/c1-7-6-15-10(13-7)5-11(12)4-8-2-3-9(11)14-8/h6,8-9H,2-5,12H2,1H3. The summed E-state index contributed by atoms with van der Waals surface area (Å²) in [6.07, 6.45) is 4.91. The van der Waals surface area contributed by atoms with E-state index in [2.05, 4.69) is 10.4 Å². The first kappa shape index (κ1) is 9.75. The lowest BCUT2D eigenvalue weighted by Crippen LogP contribution is -2.50. The van der Waals surface area contributed by atoms with Gasteiger partial charge in [0.15, 0.2) is 0 Å². The van der Waals surface area contributed by atoms with Crippen molar-refractivity contribution < 1.29 is 4.74 Å². The molecule has 2 saturated heterocycles. The minimum atomic E-state index is -0.146. The van der Waals surface area contributed by atoms with E-state index in [0.29, 0.717) is 6.10 Å². The van der Waals surface area contributed by atoms with Crippen molar-refractivity contribution in [3.05, 3.63) is 16.1 Å². The fraction of sp³-hybridized carbons (Fsp3) is 0.727. The van der Waals surface area contributed by atoms with E-state index in [-0.39, 0.29) is 11.6 Å². The summed E-state index contributed by atoms with van der Waals surface area (Å²) in [5, 5.41) is 3.25. The van der Waals surface area contributed by atoms with Gasteiger partial charge in [0.25, 0.3) is 0 Å². The van der Waals surface area contributed by atoms with Gasteiger partial charge in [-0.1, -0.05) is 0 Å². The van der Waals surface area contributed by atoms with Crippen molar-refractivity contribution in [3.63, 3.8) is 0 Å². The van der Waals surface area contributed by atoms with E-state index in [9.17, 15) is 0 Å². The van der Waals surface area contributed by atoms with Crippen molar-refractivity contribution in [3.8, 4) is 0 Å². The van der Waals surface area contributed by atoms with Crippen LogP contribution in [0, 0.1) is 6.92 Å². The summed E-state index contributed by atoms with van der Waals surface area (Å²) in [7, 11) is 0. The third-order valence-electron chi connectivity index (χ3n) is 3.50. The van der Waals surface area contributed by atoms with Crippen LogP contribution >= 0.6 is 11.3 Å². The number of aryl methyl sites for hydroxylation is 1. The molecule has 0 saturated carbocycles. The van der Waals surface area contributed by atoms with Crippen LogP contribution in [0.4, 0.5) is 0 Å². The van der Waals surface area contributed by atoms with Gasteiger partial charge in [-0.25, -0.2) is 4.98 Å². The minimum Gasteiger partial charge on any atom is -0.373 e. The van der Waals surface area contributed by atoms with Gasteiger partial charge in [-0.15, -0.1) is 11.3 Å². The Balaban J connectivity index is 1.77. The molecule has 3 heterocycles. The quantitative estimate of drug-likeness (QED) is 0.831. The van der Waals surface area contributed by atoms with Gasteiger partial charge in [0, 0.05) is 17.5 Å². The molecule has 2 bridgehead atoms. The van der Waals surface area contributed by atoms with Crippen LogP contribution in [-0.4, -0.2) is 22.7 Å². The normalized spacial score (nSPS) is 38.8. The molecule has 3 rings (SSSR count). The molecule has 0 radical (unpaired) electrons. The van der Waals surface area contributed by atoms with E-state index in [4.69, 9.17) is 10.5 Å². The van der Waals surface area contributed by atoms with Crippen molar-refractivity contribution in [2.45, 2.75) is 50.4 Å². The second-order valence-corrected chi connectivity index (χ2v) is 5.76. The fourth-order valence-electron chi connectivity index (χ4n) is 2.79. The Morgan fingerprint density at radius 2 is 2.53 bits per heavy atom. The summed E-state index contributed by atoms with van der Waals surface area (Å²) in [6.45, 7) is 2.03. The maximum atomic E-state index is 6.43. The highest BCUT2D eigenvalue weighted by molar-refractivity contribution is 7.09. The molecular formula is C11H16N2OS. The Labute approximate surface area is 93.7 Å². The first-order valence-electron chi connectivity index (χ1n) is 5.51. The maximum Gasteiger partial charge on any atom is 0.0947 e. The number of thiazole rings is 1. The van der Waals surface area contributed by atoms with Gasteiger partial charge >= 0.3 is 0 Å². The Morgan fingerprint density at radius 1 is 1.67 bits per heavy atom. The fourth-order valence-corrected chi connectivity index (χ4v) is 3.69. The van der Waals surface area contributed by atoms with E-state index >= 15 is 0 Å². The molecule has 3 unspecified atom stereocenters. The second kappa shape index (κ2) is 3.27. The van der Waals surface area contributed by atoms with Crippen LogP contribution in [0.15, 0.2) is 5.38 Å². The molecule has 3 atom stereocenters. The molecule has 2 aliphatic rings. The Kier molecular flexibility index (Phi) is 2.13. The van der Waals surface area contributed by atoms with Crippen molar-refractivity contribution in [1.29, 1.82) is 0 Å². The highest BCUT2D eigenvalue weighted by atomic mass is 32.1. The molecule has 82 valence electrons. The molecule has 2 aliphatic heterocycles. The number of fused-ring (bicyclic) bond motifs is 2. The van der Waals surface area contributed by atoms with E-state index in [1.54, 1.807) is 11.3 Å². The molecule has 15 heavy (non-hydrogen) atoms. The van der Waals surface area contributed by atoms with E-state index in [0.717, 1.165) is 30.0 Å². The number of aromatic nitrogens is 1. The Hall–Kier alpha value is -0.450. The zero-order chi connectivity index (χ0) is 10.5. The van der Waals surface area contributed by atoms with E-state index in [1.165, 1.54) is 6.42 Å². The maximum absolute atomic E-state index is 6.43. The van der Waals surface area contributed by atoms with E-state index < -0.39 is 0 Å². The molecule has 0 amide bonds. The number of rotatable bonds is 2. The van der Waals surface area contributed by atoms with Crippen molar-refractivity contribution in [1.82, 2.24) is 4.98 Å². The van der Waals surface area contributed by atoms with Crippen LogP contribution in [0.5, 0.6) is 0 Å². The molecule has 2 fully saturated rings. The molecule has 2 N–H and O–H groups in total. The predicted octanol–water partition coefficient (Wildman–Crippen LogP) is 1.64. The summed E-state index contributed by atoms with van der Waals surface area (Å²) < 4.78 is 5.82. The molecule has 4 heteroatoms. The monoisotopic (exact) mass is 224 g/mol. The van der Waals surface area contributed by atoms with Crippen molar-refractivity contribution in [2.75, 3.05) is 0 Å². The van der Waals surface area contributed by atoms with Crippen LogP contribution < -0.4 is 5.73 Å². The van der Waals surface area contributed by atoms with Crippen LogP contribution in [0.1, 0.15) is 30.0 Å². The smallest absolute Gasteiger partial charge is 0.0947 e. The first-order chi connectivity index (χ1) is 7.16. The van der Waals surface area contributed by atoms with Gasteiger partial charge in [-0.05, 0) is 26.2 Å². The molecular weight excluding hydrogens is 208 g/mol. The van der Waals surface area contributed by atoms with Gasteiger partial charge < -0.3 is 10.5 Å². The SMILES string of the molecule is Cc1csc(CC2(N)CC3CCC2O3)n1. The summed E-state index contributed by atoms with van der Waals surface area (Å²) in [5.41, 5.74) is 7.38. The average molecular weight is 224 g/mol. The highest BCUT2D eigenvalue weighted by Gasteiger charge is 2.50. The third-order valence-corrected chi connectivity index (χ3v) is 4.47. The average Bonchev–Trinajstić information content (AvgIpc) is 2.81. The minimum absolute atomic E-state index is 0.146. The zero-order valence-corrected chi connectivity index (χ0v) is 9.72. The van der Waals surface area contributed by atoms with Gasteiger partial charge in [0.1, 0.15) is 0 Å². The molecule has 0 aliphatic carbocycles. The molecule has 0 aromatic carbocycles. The highest BCUT2D eigenvalue weighted by Crippen LogP contribution is 2.42. The number of hydrogen-bond acceptors (Lipinski definition) is 4. The summed E-state index contributed by atoms with van der Waals surface area (Å²) >= 11 is 1.72. The molecule has 1 aromatic rings. The van der Waals surface area contributed by atoms with E-state index in [1.807, 2.05) is 6.92 Å². The van der Waals surface area contributed by atoms with Crippen LogP contribution in [-0.2, 0) is 11.2 Å². The van der Waals surface area contributed by atoms with Crippen molar-refractivity contribution in [2.24, 2.45) is 5.73 Å². The zero-order valence-electron chi connectivity index (χ0n) is 8.90. The molecule has 1 aromatic heterocycles. The van der Waals surface area contributed by atoms with Crippen LogP contribution in [0.25, 0.3) is 0 Å². The van der Waals surface area contributed by atoms with Gasteiger partial charge in [-0.2, -0.15) is 0 Å². The van der Waals surface area contributed by atoms with Gasteiger partial charge in [-0.3, -0.25) is 0 Å². The lowest BCUT2D eigenvalue weighted by Gasteiger charge is -2.30. The number of ether oxygens (including phenoxy) is 1. The largest absolute Gasteiger partial charge is 0.373 e. The molecule has 3 nitrogen and oxygen atoms in total. The summed E-state index contributed by atoms with van der Waals surface area (Å²) in [6, 6.07) is 0. The van der Waals surface area contributed by atoms with Crippen LogP contribution in [0.3, 0.4) is 0 Å². The molecule has 0 spiro atoms. The number of nitrogens with two attached hydrogens (primary N) is 1. The summed E-state index contributed by atoms with van der Waals surface area (Å²) in [4.78, 5) is 4.49. The second-order valence-electron chi connectivity index (χ2n) is 4.82. The summed E-state index contributed by atoms with van der Waals surface area (Å²) in [5.74, 6) is 0.